The van der Waals surface area contributed by atoms with Crippen molar-refractivity contribution in [2.45, 2.75) is 29.2 Å². The number of piperidine rings is 1. The van der Waals surface area contributed by atoms with Gasteiger partial charge in [-0.2, -0.15) is 0 Å². The first-order chi connectivity index (χ1) is 9.06. The van der Waals surface area contributed by atoms with Gasteiger partial charge in [0.05, 0.1) is 0 Å². The number of amides is 3. The van der Waals surface area contributed by atoms with Gasteiger partial charge >= 0.3 is 0 Å². The quantitative estimate of drug-likeness (QED) is 0.419. The lowest BCUT2D eigenvalue weighted by Crippen LogP contribution is -2.52. The van der Waals surface area contributed by atoms with E-state index in [9.17, 15) is 14.4 Å². The van der Waals surface area contributed by atoms with Crippen LogP contribution in [0.4, 0.5) is 0 Å². The summed E-state index contributed by atoms with van der Waals surface area (Å²) in [5, 5.41) is 2.30. The number of imide groups is 1. The van der Waals surface area contributed by atoms with E-state index in [1.54, 1.807) is 4.90 Å². The van der Waals surface area contributed by atoms with Gasteiger partial charge in [-0.1, -0.05) is 34.7 Å². The van der Waals surface area contributed by atoms with Crippen LogP contribution in [-0.2, 0) is 14.4 Å². The van der Waals surface area contributed by atoms with E-state index in [1.165, 1.54) is 0 Å². The van der Waals surface area contributed by atoms with E-state index in [0.717, 1.165) is 17.6 Å². The van der Waals surface area contributed by atoms with Crippen LogP contribution in [0.5, 0.6) is 0 Å². The van der Waals surface area contributed by atoms with E-state index >= 15 is 0 Å². The van der Waals surface area contributed by atoms with Crippen LogP contribution in [0.3, 0.4) is 0 Å². The van der Waals surface area contributed by atoms with Crippen molar-refractivity contribution in [3.8, 4) is 0 Å². The number of hydrogen-bond donors (Lipinski definition) is 1. The van der Waals surface area contributed by atoms with E-state index in [-0.39, 0.29) is 17.7 Å². The van der Waals surface area contributed by atoms with Gasteiger partial charge in [-0.05, 0) is 18.4 Å². The lowest BCUT2D eigenvalue weighted by molar-refractivity contribution is -0.142. The summed E-state index contributed by atoms with van der Waals surface area (Å²) in [4.78, 5) is 36.9. The molecule has 0 spiro atoms. The SMILES string of the molecule is O=C1CCC(N2CC3=CC(I)CC=C3C2=O)C(=O)N1. The van der Waals surface area contributed by atoms with Crippen LogP contribution >= 0.6 is 22.6 Å². The highest BCUT2D eigenvalue weighted by Crippen LogP contribution is 2.33. The van der Waals surface area contributed by atoms with Crippen LogP contribution in [0.25, 0.3) is 0 Å². The van der Waals surface area contributed by atoms with Crippen molar-refractivity contribution in [3.63, 3.8) is 0 Å². The average Bonchev–Trinajstić information content (AvgIpc) is 2.66. The fraction of sp³-hybridized carbons (Fsp3) is 0.462. The Kier molecular flexibility index (Phi) is 3.20. The van der Waals surface area contributed by atoms with Gasteiger partial charge in [0.25, 0.3) is 5.91 Å². The summed E-state index contributed by atoms with van der Waals surface area (Å²) in [5.41, 5.74) is 1.75. The van der Waals surface area contributed by atoms with E-state index in [1.807, 2.05) is 6.08 Å². The Bertz CT molecular complexity index is 538. The summed E-state index contributed by atoms with van der Waals surface area (Å²) >= 11 is 2.33. The highest BCUT2D eigenvalue weighted by Gasteiger charge is 2.41. The number of fused-ring (bicyclic) bond motifs is 1. The van der Waals surface area contributed by atoms with Gasteiger partial charge in [0.1, 0.15) is 6.04 Å². The molecule has 2 heterocycles. The Morgan fingerprint density at radius 2 is 2.11 bits per heavy atom. The molecule has 2 saturated heterocycles. The molecule has 0 aromatic rings. The Hall–Kier alpha value is -1.18. The topological polar surface area (TPSA) is 66.5 Å². The van der Waals surface area contributed by atoms with E-state index in [2.05, 4.69) is 34.0 Å². The molecular formula is C13H13IN2O3. The monoisotopic (exact) mass is 372 g/mol. The lowest BCUT2D eigenvalue weighted by Gasteiger charge is -2.28. The second-order valence-corrected chi connectivity index (χ2v) is 6.56. The molecule has 0 bridgehead atoms. The van der Waals surface area contributed by atoms with Gasteiger partial charge in [0.2, 0.25) is 11.8 Å². The second-order valence-electron chi connectivity index (χ2n) is 4.96. The summed E-state index contributed by atoms with van der Waals surface area (Å²) < 4.78 is 0.408. The van der Waals surface area contributed by atoms with Crippen molar-refractivity contribution >= 4 is 40.3 Å². The fourth-order valence-electron chi connectivity index (χ4n) is 2.74. The molecule has 3 rings (SSSR count). The molecule has 6 heteroatoms. The Morgan fingerprint density at radius 3 is 2.84 bits per heavy atom. The number of allylic oxidation sites excluding steroid dienone is 2. The van der Waals surface area contributed by atoms with Crippen LogP contribution in [-0.4, -0.2) is 39.1 Å². The minimum atomic E-state index is -0.509. The van der Waals surface area contributed by atoms with Crippen LogP contribution < -0.4 is 5.32 Å². The fourth-order valence-corrected chi connectivity index (χ4v) is 3.43. The van der Waals surface area contributed by atoms with E-state index in [0.29, 0.717) is 23.3 Å². The minimum Gasteiger partial charge on any atom is -0.322 e. The predicted molar refractivity (Wildman–Crippen MR) is 76.5 cm³/mol. The molecule has 1 aliphatic carbocycles. The third kappa shape index (κ3) is 2.22. The summed E-state index contributed by atoms with van der Waals surface area (Å²) in [7, 11) is 0. The Morgan fingerprint density at radius 1 is 1.32 bits per heavy atom. The van der Waals surface area contributed by atoms with Crippen LogP contribution in [0.2, 0.25) is 0 Å². The van der Waals surface area contributed by atoms with Gasteiger partial charge in [-0.15, -0.1) is 0 Å². The molecule has 0 aromatic carbocycles. The zero-order chi connectivity index (χ0) is 13.6. The number of alkyl halides is 1. The second kappa shape index (κ2) is 4.73. The maximum atomic E-state index is 12.3. The maximum Gasteiger partial charge on any atom is 0.254 e. The normalized spacial score (nSPS) is 30.8. The highest BCUT2D eigenvalue weighted by molar-refractivity contribution is 14.1. The largest absolute Gasteiger partial charge is 0.322 e. The van der Waals surface area contributed by atoms with Gasteiger partial charge in [0, 0.05) is 22.5 Å². The molecule has 3 aliphatic rings. The van der Waals surface area contributed by atoms with Gasteiger partial charge in [-0.3, -0.25) is 19.7 Å². The van der Waals surface area contributed by atoms with Crippen LogP contribution in [0.15, 0.2) is 23.3 Å². The van der Waals surface area contributed by atoms with Crippen LogP contribution in [0.1, 0.15) is 19.3 Å². The third-order valence-corrected chi connectivity index (χ3v) is 4.56. The highest BCUT2D eigenvalue weighted by atomic mass is 127. The first-order valence-corrected chi connectivity index (χ1v) is 7.51. The number of hydrogen-bond acceptors (Lipinski definition) is 3. The molecule has 19 heavy (non-hydrogen) atoms. The smallest absolute Gasteiger partial charge is 0.254 e. The van der Waals surface area contributed by atoms with Crippen molar-refractivity contribution < 1.29 is 14.4 Å². The van der Waals surface area contributed by atoms with Crippen molar-refractivity contribution in [3.05, 3.63) is 23.3 Å². The molecule has 0 saturated carbocycles. The average molecular weight is 372 g/mol. The molecule has 1 N–H and O–H groups in total. The van der Waals surface area contributed by atoms with Crippen molar-refractivity contribution in [1.82, 2.24) is 10.2 Å². The Balaban J connectivity index is 1.84. The minimum absolute atomic E-state index is 0.0796. The number of nitrogens with zero attached hydrogens (tertiary/aromatic N) is 1. The molecule has 3 amide bonds. The zero-order valence-electron chi connectivity index (χ0n) is 10.2. The Labute approximate surface area is 124 Å². The molecule has 5 nitrogen and oxygen atoms in total. The summed E-state index contributed by atoms with van der Waals surface area (Å²) in [6, 6.07) is -0.509. The number of rotatable bonds is 1. The van der Waals surface area contributed by atoms with Gasteiger partial charge in [0.15, 0.2) is 0 Å². The molecule has 2 aliphatic heterocycles. The third-order valence-electron chi connectivity index (χ3n) is 3.69. The van der Waals surface area contributed by atoms with Crippen molar-refractivity contribution in [1.29, 1.82) is 0 Å². The van der Waals surface area contributed by atoms with Crippen molar-refractivity contribution in [2.24, 2.45) is 0 Å². The molecular weight excluding hydrogens is 359 g/mol. The molecule has 100 valence electrons. The van der Waals surface area contributed by atoms with Gasteiger partial charge < -0.3 is 4.90 Å². The molecule has 2 atom stereocenters. The van der Waals surface area contributed by atoms with E-state index in [4.69, 9.17) is 0 Å². The molecule has 2 fully saturated rings. The first kappa shape index (κ1) is 12.8. The number of carbonyl (C=O) groups excluding carboxylic acids is 3. The first-order valence-electron chi connectivity index (χ1n) is 6.26. The summed E-state index contributed by atoms with van der Waals surface area (Å²) in [6.07, 6.45) is 5.63. The summed E-state index contributed by atoms with van der Waals surface area (Å²) in [5.74, 6) is -0.685. The maximum absolute atomic E-state index is 12.3. The number of carbonyl (C=O) groups is 3. The van der Waals surface area contributed by atoms with Crippen LogP contribution in [0, 0.1) is 0 Å². The number of likely N-dealkylation sites (tertiary alicyclic amines) is 1. The van der Waals surface area contributed by atoms with Gasteiger partial charge in [-0.25, -0.2) is 0 Å². The molecule has 0 aromatic heterocycles. The number of halogens is 1. The zero-order valence-corrected chi connectivity index (χ0v) is 12.3. The molecule has 0 radical (unpaired) electrons. The molecule has 2 unspecified atom stereocenters. The van der Waals surface area contributed by atoms with E-state index < -0.39 is 6.04 Å². The van der Waals surface area contributed by atoms with Crippen molar-refractivity contribution in [2.75, 3.05) is 6.54 Å². The number of nitrogens with one attached hydrogen (secondary N) is 1. The lowest BCUT2D eigenvalue weighted by atomic mass is 10.0. The summed E-state index contributed by atoms with van der Waals surface area (Å²) in [6.45, 7) is 0.483. The predicted octanol–water partition coefficient (Wildman–Crippen LogP) is 0.694. The standard InChI is InChI=1S/C13H13IN2O3/c14-8-1-2-9-7(5-8)6-16(13(9)19)10-3-4-11(17)15-12(10)18/h2,5,8,10H,1,3-4,6H2,(H,15,17,18).